The average molecular weight is 302 g/mol. The van der Waals surface area contributed by atoms with E-state index in [1.54, 1.807) is 0 Å². The van der Waals surface area contributed by atoms with Crippen LogP contribution >= 0.6 is 0 Å². The lowest BCUT2D eigenvalue weighted by molar-refractivity contribution is 0.235. The highest BCUT2D eigenvalue weighted by molar-refractivity contribution is 5.99. The van der Waals surface area contributed by atoms with Crippen LogP contribution in [0, 0.1) is 6.92 Å². The van der Waals surface area contributed by atoms with Gasteiger partial charge in [0.1, 0.15) is 0 Å². The van der Waals surface area contributed by atoms with E-state index in [1.807, 2.05) is 73.7 Å². The summed E-state index contributed by atoms with van der Waals surface area (Å²) in [6.07, 6.45) is 0. The summed E-state index contributed by atoms with van der Waals surface area (Å²) in [6, 6.07) is 25.9. The molecule has 0 aliphatic carbocycles. The van der Waals surface area contributed by atoms with Gasteiger partial charge in [0.15, 0.2) is 5.84 Å². The molecule has 3 nitrogen and oxygen atoms in total. The van der Waals surface area contributed by atoms with Crippen LogP contribution in [0.4, 0.5) is 5.69 Å². The Morgan fingerprint density at radius 1 is 0.783 bits per heavy atom. The van der Waals surface area contributed by atoms with Gasteiger partial charge in [-0.25, -0.2) is 4.99 Å². The van der Waals surface area contributed by atoms with E-state index in [1.165, 1.54) is 11.1 Å². The maximum absolute atomic E-state index is 9.36. The molecule has 3 heteroatoms. The molecule has 0 aromatic heterocycles. The molecule has 0 saturated heterocycles. The summed E-state index contributed by atoms with van der Waals surface area (Å²) in [4.78, 5) is 4.47. The van der Waals surface area contributed by atoms with Crippen LogP contribution in [0.5, 0.6) is 0 Å². The first-order valence-electron chi connectivity index (χ1n) is 7.47. The van der Waals surface area contributed by atoms with Gasteiger partial charge in [-0.2, -0.15) is 0 Å². The molecule has 0 bridgehead atoms. The van der Waals surface area contributed by atoms with Crippen LogP contribution in [0.25, 0.3) is 11.1 Å². The molecule has 0 spiro atoms. The lowest BCUT2D eigenvalue weighted by Crippen LogP contribution is -2.19. The van der Waals surface area contributed by atoms with Crippen molar-refractivity contribution in [2.45, 2.75) is 6.92 Å². The van der Waals surface area contributed by atoms with Crippen molar-refractivity contribution in [3.8, 4) is 11.1 Å². The smallest absolute Gasteiger partial charge is 0.157 e. The molecule has 0 atom stereocenters. The van der Waals surface area contributed by atoms with Crippen LogP contribution in [-0.4, -0.2) is 11.0 Å². The Balaban J connectivity index is 1.87. The van der Waals surface area contributed by atoms with Gasteiger partial charge in [-0.3, -0.25) is 10.7 Å². The van der Waals surface area contributed by atoms with Crippen molar-refractivity contribution in [3.05, 3.63) is 90.0 Å². The van der Waals surface area contributed by atoms with Gasteiger partial charge < -0.3 is 0 Å². The minimum Gasteiger partial charge on any atom is -0.290 e. The topological polar surface area (TPSA) is 44.6 Å². The lowest BCUT2D eigenvalue weighted by atomic mass is 10.1. The number of nitrogens with zero attached hydrogens (tertiary/aromatic N) is 1. The van der Waals surface area contributed by atoms with E-state index in [0.717, 1.165) is 16.8 Å². The number of benzene rings is 3. The van der Waals surface area contributed by atoms with Crippen LogP contribution in [-0.2, 0) is 0 Å². The number of nitrogens with one attached hydrogen (secondary N) is 1. The number of aliphatic imine (C=N–C) groups is 1. The standard InChI is InChI=1S/C20H18N2O/c1-15-7-9-18(10-8-15)20(22-23)21-19-13-11-17(12-14-19)16-5-3-2-4-6-16/h2-14,23H,1H3,(H,21,22). The quantitative estimate of drug-likeness (QED) is 0.418. The summed E-state index contributed by atoms with van der Waals surface area (Å²) in [5.41, 5.74) is 7.27. The van der Waals surface area contributed by atoms with E-state index in [-0.39, 0.29) is 0 Å². The van der Waals surface area contributed by atoms with Crippen molar-refractivity contribution in [3.63, 3.8) is 0 Å². The van der Waals surface area contributed by atoms with Gasteiger partial charge in [-0.05, 0) is 30.2 Å². The first-order chi connectivity index (χ1) is 11.3. The summed E-state index contributed by atoms with van der Waals surface area (Å²) >= 11 is 0. The summed E-state index contributed by atoms with van der Waals surface area (Å²) in [7, 11) is 0. The Morgan fingerprint density at radius 3 is 2.00 bits per heavy atom. The molecule has 0 radical (unpaired) electrons. The van der Waals surface area contributed by atoms with E-state index in [4.69, 9.17) is 0 Å². The van der Waals surface area contributed by atoms with Crippen molar-refractivity contribution < 1.29 is 5.21 Å². The van der Waals surface area contributed by atoms with E-state index >= 15 is 0 Å². The van der Waals surface area contributed by atoms with E-state index in [2.05, 4.69) is 22.6 Å². The van der Waals surface area contributed by atoms with E-state index < -0.39 is 0 Å². The van der Waals surface area contributed by atoms with Gasteiger partial charge in [-0.1, -0.05) is 72.3 Å². The number of rotatable bonds is 3. The highest BCUT2D eigenvalue weighted by atomic mass is 16.5. The summed E-state index contributed by atoms with van der Waals surface area (Å²) in [6.45, 7) is 2.02. The van der Waals surface area contributed by atoms with Crippen LogP contribution in [0.2, 0.25) is 0 Å². The maximum Gasteiger partial charge on any atom is 0.157 e. The second kappa shape index (κ2) is 6.90. The minimum absolute atomic E-state index is 0.428. The number of hydrogen-bond acceptors (Lipinski definition) is 2. The van der Waals surface area contributed by atoms with Crippen LogP contribution in [0.1, 0.15) is 11.1 Å². The maximum atomic E-state index is 9.36. The third kappa shape index (κ3) is 3.65. The second-order valence-electron chi connectivity index (χ2n) is 5.35. The predicted octanol–water partition coefficient (Wildman–Crippen LogP) is 4.72. The molecule has 114 valence electrons. The number of amidine groups is 1. The first-order valence-corrected chi connectivity index (χ1v) is 7.47. The molecule has 2 N–H and O–H groups in total. The van der Waals surface area contributed by atoms with Crippen molar-refractivity contribution in [2.24, 2.45) is 4.99 Å². The number of hydrogen-bond donors (Lipinski definition) is 2. The number of hydroxylamine groups is 1. The van der Waals surface area contributed by atoms with Gasteiger partial charge in [0.05, 0.1) is 5.69 Å². The molecular weight excluding hydrogens is 284 g/mol. The predicted molar refractivity (Wildman–Crippen MR) is 94.2 cm³/mol. The Hall–Kier alpha value is -2.91. The zero-order valence-electron chi connectivity index (χ0n) is 12.9. The molecule has 0 unspecified atom stereocenters. The molecule has 0 amide bonds. The fraction of sp³-hybridized carbons (Fsp3) is 0.0500. The van der Waals surface area contributed by atoms with Gasteiger partial charge in [0, 0.05) is 5.56 Å². The molecule has 0 saturated carbocycles. The van der Waals surface area contributed by atoms with Gasteiger partial charge in [-0.15, -0.1) is 0 Å². The minimum atomic E-state index is 0.428. The van der Waals surface area contributed by atoms with Crippen LogP contribution < -0.4 is 5.48 Å². The second-order valence-corrected chi connectivity index (χ2v) is 5.35. The molecule has 3 aromatic rings. The normalized spacial score (nSPS) is 11.3. The van der Waals surface area contributed by atoms with E-state index in [9.17, 15) is 5.21 Å². The highest BCUT2D eigenvalue weighted by Gasteiger charge is 2.03. The van der Waals surface area contributed by atoms with Gasteiger partial charge in [0.25, 0.3) is 0 Å². The van der Waals surface area contributed by atoms with Crippen molar-refractivity contribution >= 4 is 11.5 Å². The Labute approximate surface area is 135 Å². The van der Waals surface area contributed by atoms with Gasteiger partial charge in [0.2, 0.25) is 0 Å². The molecule has 23 heavy (non-hydrogen) atoms. The summed E-state index contributed by atoms with van der Waals surface area (Å²) < 4.78 is 0. The fourth-order valence-corrected chi connectivity index (χ4v) is 2.35. The molecule has 3 aromatic carbocycles. The molecule has 0 heterocycles. The lowest BCUT2D eigenvalue weighted by Gasteiger charge is -2.06. The highest BCUT2D eigenvalue weighted by Crippen LogP contribution is 2.22. The molecule has 0 aliphatic rings. The zero-order chi connectivity index (χ0) is 16.1. The largest absolute Gasteiger partial charge is 0.290 e. The van der Waals surface area contributed by atoms with Crippen LogP contribution in [0.3, 0.4) is 0 Å². The zero-order valence-corrected chi connectivity index (χ0v) is 12.9. The van der Waals surface area contributed by atoms with Crippen molar-refractivity contribution in [2.75, 3.05) is 0 Å². The van der Waals surface area contributed by atoms with E-state index in [0.29, 0.717) is 5.84 Å². The third-order valence-electron chi connectivity index (χ3n) is 3.65. The average Bonchev–Trinajstić information content (AvgIpc) is 2.62. The third-order valence-corrected chi connectivity index (χ3v) is 3.65. The fourth-order valence-electron chi connectivity index (χ4n) is 2.35. The Morgan fingerprint density at radius 2 is 1.39 bits per heavy atom. The Bertz CT molecular complexity index is 791. The number of aryl methyl sites for hydroxylation is 1. The molecule has 0 aliphatic heterocycles. The van der Waals surface area contributed by atoms with Crippen molar-refractivity contribution in [1.29, 1.82) is 0 Å². The monoisotopic (exact) mass is 302 g/mol. The van der Waals surface area contributed by atoms with Crippen LogP contribution in [0.15, 0.2) is 83.9 Å². The Kier molecular flexibility index (Phi) is 4.50. The molecular formula is C20H18N2O. The molecule has 3 rings (SSSR count). The first kappa shape index (κ1) is 15.0. The summed E-state index contributed by atoms with van der Waals surface area (Å²) in [5.74, 6) is 0.428. The van der Waals surface area contributed by atoms with Gasteiger partial charge >= 0.3 is 0 Å². The summed E-state index contributed by atoms with van der Waals surface area (Å²) in [5, 5.41) is 9.36. The van der Waals surface area contributed by atoms with Crippen molar-refractivity contribution in [1.82, 2.24) is 5.48 Å². The molecule has 0 fully saturated rings. The SMILES string of the molecule is Cc1ccc(C(=Nc2ccc(-c3ccccc3)cc2)NO)cc1.